The summed E-state index contributed by atoms with van der Waals surface area (Å²) in [5, 5.41) is 12.6. The monoisotopic (exact) mass is 462 g/mol. The highest BCUT2D eigenvalue weighted by Gasteiger charge is 2.20. The van der Waals surface area contributed by atoms with Crippen LogP contribution in [-0.2, 0) is 4.79 Å². The summed E-state index contributed by atoms with van der Waals surface area (Å²) >= 11 is 1.38. The number of nitrogens with zero attached hydrogens (tertiary/aromatic N) is 3. The predicted octanol–water partition coefficient (Wildman–Crippen LogP) is 4.76. The summed E-state index contributed by atoms with van der Waals surface area (Å²) in [6.07, 6.45) is 8.13. The zero-order valence-electron chi connectivity index (χ0n) is 18.3. The van der Waals surface area contributed by atoms with Crippen LogP contribution in [0.4, 0.5) is 0 Å². The van der Waals surface area contributed by atoms with Crippen LogP contribution in [0.3, 0.4) is 0 Å². The van der Waals surface area contributed by atoms with Crippen molar-refractivity contribution < 1.29 is 14.3 Å². The minimum Gasteiger partial charge on any atom is -0.454 e. The normalized spacial score (nSPS) is 14.7. The molecule has 1 aliphatic heterocycles. The third-order valence-corrected chi connectivity index (χ3v) is 6.69. The number of nitrogens with one attached hydrogen (secondary N) is 1. The van der Waals surface area contributed by atoms with Gasteiger partial charge in [0.1, 0.15) is 0 Å². The SMILES string of the molecule is O=C(CSc1nnc(-c2ccc3c(c2)OCO3)n1-c1ccccc1)NCCC1=CCCCC1. The Morgan fingerprint density at radius 1 is 1.06 bits per heavy atom. The molecule has 170 valence electrons. The molecule has 1 amide bonds. The lowest BCUT2D eigenvalue weighted by Crippen LogP contribution is -2.26. The van der Waals surface area contributed by atoms with Crippen LogP contribution in [0.2, 0.25) is 0 Å². The van der Waals surface area contributed by atoms with Gasteiger partial charge in [0, 0.05) is 17.8 Å². The van der Waals surface area contributed by atoms with Crippen molar-refractivity contribution in [3.05, 3.63) is 60.2 Å². The Hall–Kier alpha value is -3.26. The average Bonchev–Trinajstić information content (AvgIpc) is 3.50. The van der Waals surface area contributed by atoms with Gasteiger partial charge >= 0.3 is 0 Å². The lowest BCUT2D eigenvalue weighted by Gasteiger charge is -2.13. The molecule has 8 heteroatoms. The van der Waals surface area contributed by atoms with Crippen molar-refractivity contribution in [2.45, 2.75) is 37.3 Å². The van der Waals surface area contributed by atoms with Gasteiger partial charge in [-0.15, -0.1) is 10.2 Å². The average molecular weight is 463 g/mol. The van der Waals surface area contributed by atoms with Crippen molar-refractivity contribution in [3.63, 3.8) is 0 Å². The van der Waals surface area contributed by atoms with Gasteiger partial charge in [0.25, 0.3) is 0 Å². The van der Waals surface area contributed by atoms with Gasteiger partial charge in [-0.3, -0.25) is 9.36 Å². The van der Waals surface area contributed by atoms with E-state index in [1.807, 2.05) is 53.1 Å². The van der Waals surface area contributed by atoms with Crippen molar-refractivity contribution >= 4 is 17.7 Å². The van der Waals surface area contributed by atoms with E-state index in [9.17, 15) is 4.79 Å². The third kappa shape index (κ3) is 5.06. The number of hydrogen-bond donors (Lipinski definition) is 1. The quantitative estimate of drug-likeness (QED) is 0.384. The number of benzene rings is 2. The number of amides is 1. The zero-order valence-corrected chi connectivity index (χ0v) is 19.1. The van der Waals surface area contributed by atoms with Gasteiger partial charge in [-0.25, -0.2) is 0 Å². The van der Waals surface area contributed by atoms with Gasteiger partial charge in [0.2, 0.25) is 12.7 Å². The van der Waals surface area contributed by atoms with Gasteiger partial charge in [-0.1, -0.05) is 41.6 Å². The van der Waals surface area contributed by atoms with E-state index in [-0.39, 0.29) is 18.5 Å². The first-order valence-corrected chi connectivity index (χ1v) is 12.2. The summed E-state index contributed by atoms with van der Waals surface area (Å²) in [6, 6.07) is 15.6. The largest absolute Gasteiger partial charge is 0.454 e. The number of ether oxygens (including phenoxy) is 2. The Bertz CT molecular complexity index is 1160. The van der Waals surface area contributed by atoms with Crippen LogP contribution in [0, 0.1) is 0 Å². The van der Waals surface area contributed by atoms with Crippen LogP contribution in [0.5, 0.6) is 11.5 Å². The van der Waals surface area contributed by atoms with E-state index < -0.39 is 0 Å². The number of para-hydroxylation sites is 1. The molecule has 1 aromatic heterocycles. The molecule has 0 radical (unpaired) electrons. The molecule has 0 atom stereocenters. The number of carbonyl (C=O) groups is 1. The summed E-state index contributed by atoms with van der Waals surface area (Å²) in [5.41, 5.74) is 3.27. The topological polar surface area (TPSA) is 78.3 Å². The predicted molar refractivity (Wildman–Crippen MR) is 128 cm³/mol. The number of rotatable bonds is 8. The zero-order chi connectivity index (χ0) is 22.5. The maximum Gasteiger partial charge on any atom is 0.231 e. The fourth-order valence-electron chi connectivity index (χ4n) is 4.07. The molecule has 0 unspecified atom stereocenters. The lowest BCUT2D eigenvalue weighted by atomic mass is 9.97. The van der Waals surface area contributed by atoms with Crippen molar-refractivity contribution in [1.29, 1.82) is 0 Å². The number of thioether (sulfide) groups is 1. The molecule has 0 saturated heterocycles. The summed E-state index contributed by atoms with van der Waals surface area (Å²) in [5.74, 6) is 2.39. The molecule has 1 aliphatic carbocycles. The van der Waals surface area contributed by atoms with E-state index in [0.717, 1.165) is 29.8 Å². The fraction of sp³-hybridized carbons (Fsp3) is 0.320. The maximum atomic E-state index is 12.5. The molecule has 0 spiro atoms. The molecule has 3 aromatic rings. The van der Waals surface area contributed by atoms with Gasteiger partial charge in [0.15, 0.2) is 22.5 Å². The highest BCUT2D eigenvalue weighted by atomic mass is 32.2. The number of fused-ring (bicyclic) bond motifs is 1. The standard InChI is InChI=1S/C25H26N4O3S/c30-23(26-14-13-18-7-3-1-4-8-18)16-33-25-28-27-24(29(25)20-9-5-2-6-10-20)19-11-12-21-22(15-19)32-17-31-21/h2,5-7,9-12,15H,1,3-4,8,13-14,16-17H2,(H,26,30). The van der Waals surface area contributed by atoms with Crippen molar-refractivity contribution in [3.8, 4) is 28.6 Å². The molecule has 0 fully saturated rings. The number of hydrogen-bond acceptors (Lipinski definition) is 6. The highest BCUT2D eigenvalue weighted by Crippen LogP contribution is 2.37. The maximum absolute atomic E-state index is 12.5. The van der Waals surface area contributed by atoms with E-state index in [4.69, 9.17) is 9.47 Å². The Morgan fingerprint density at radius 2 is 1.94 bits per heavy atom. The Morgan fingerprint density at radius 3 is 2.79 bits per heavy atom. The number of aromatic nitrogens is 3. The Kier molecular flexibility index (Phi) is 6.62. The highest BCUT2D eigenvalue weighted by molar-refractivity contribution is 7.99. The summed E-state index contributed by atoms with van der Waals surface area (Å²) in [7, 11) is 0. The van der Waals surface area contributed by atoms with Gasteiger partial charge in [-0.2, -0.15) is 0 Å². The second-order valence-corrected chi connectivity index (χ2v) is 8.98. The smallest absolute Gasteiger partial charge is 0.231 e. The molecule has 7 nitrogen and oxygen atoms in total. The van der Waals surface area contributed by atoms with E-state index in [0.29, 0.717) is 23.3 Å². The first-order valence-electron chi connectivity index (χ1n) is 11.3. The van der Waals surface area contributed by atoms with E-state index in [1.54, 1.807) is 0 Å². The number of allylic oxidation sites excluding steroid dienone is 1. The summed E-state index contributed by atoms with van der Waals surface area (Å²) in [4.78, 5) is 12.5. The molecular weight excluding hydrogens is 436 g/mol. The molecule has 5 rings (SSSR count). The fourth-order valence-corrected chi connectivity index (χ4v) is 4.85. The Labute approximate surface area is 197 Å². The molecule has 0 bridgehead atoms. The van der Waals surface area contributed by atoms with Crippen LogP contribution < -0.4 is 14.8 Å². The van der Waals surface area contributed by atoms with Gasteiger partial charge in [0.05, 0.1) is 5.75 Å². The van der Waals surface area contributed by atoms with Crippen LogP contribution in [0.15, 0.2) is 65.3 Å². The molecule has 2 aromatic carbocycles. The molecular formula is C25H26N4O3S. The third-order valence-electron chi connectivity index (χ3n) is 5.76. The minimum absolute atomic E-state index is 0.00338. The molecule has 33 heavy (non-hydrogen) atoms. The van der Waals surface area contributed by atoms with Crippen molar-refractivity contribution in [2.24, 2.45) is 0 Å². The van der Waals surface area contributed by atoms with Gasteiger partial charge < -0.3 is 14.8 Å². The van der Waals surface area contributed by atoms with E-state index in [2.05, 4.69) is 21.6 Å². The molecule has 2 heterocycles. The minimum atomic E-state index is 0.00338. The first-order chi connectivity index (χ1) is 16.3. The first kappa shape index (κ1) is 21.6. The van der Waals surface area contributed by atoms with Crippen molar-refractivity contribution in [1.82, 2.24) is 20.1 Å². The van der Waals surface area contributed by atoms with Gasteiger partial charge in [-0.05, 0) is 62.4 Å². The number of carbonyl (C=O) groups excluding carboxylic acids is 1. The second-order valence-electron chi connectivity index (χ2n) is 8.04. The van der Waals surface area contributed by atoms with E-state index in [1.165, 1.54) is 36.6 Å². The molecule has 0 saturated carbocycles. The summed E-state index contributed by atoms with van der Waals surface area (Å²) < 4.78 is 12.9. The van der Waals surface area contributed by atoms with Crippen molar-refractivity contribution in [2.75, 3.05) is 19.1 Å². The van der Waals surface area contributed by atoms with Crippen LogP contribution >= 0.6 is 11.8 Å². The van der Waals surface area contributed by atoms with Crippen LogP contribution in [-0.4, -0.2) is 39.8 Å². The summed E-state index contributed by atoms with van der Waals surface area (Å²) in [6.45, 7) is 0.900. The molecule has 1 N–H and O–H groups in total. The van der Waals surface area contributed by atoms with Crippen LogP contribution in [0.1, 0.15) is 32.1 Å². The second kappa shape index (κ2) is 10.1. The molecule has 2 aliphatic rings. The lowest BCUT2D eigenvalue weighted by molar-refractivity contribution is -0.118. The van der Waals surface area contributed by atoms with E-state index >= 15 is 0 Å². The van der Waals surface area contributed by atoms with Crippen LogP contribution in [0.25, 0.3) is 17.1 Å². The Balaban J connectivity index is 1.30.